The average Bonchev–Trinajstić information content (AvgIpc) is 2.93. The highest BCUT2D eigenvalue weighted by atomic mass is 16.7. The largest absolute Gasteiger partial charge is 0.545 e. The maximum absolute atomic E-state index is 10.8. The van der Waals surface area contributed by atoms with Gasteiger partial charge in [-0.3, -0.25) is 0 Å². The van der Waals surface area contributed by atoms with Gasteiger partial charge in [0.2, 0.25) is 6.79 Å². The molecule has 0 unspecified atom stereocenters. The van der Waals surface area contributed by atoms with Gasteiger partial charge < -0.3 is 24.7 Å². The highest BCUT2D eigenvalue weighted by Crippen LogP contribution is 2.32. The summed E-state index contributed by atoms with van der Waals surface area (Å²) in [6.45, 7) is 0.813. The van der Waals surface area contributed by atoms with Gasteiger partial charge in [0.15, 0.2) is 11.5 Å². The number of rotatable bonds is 4. The Morgan fingerprint density at radius 3 is 2.85 bits per heavy atom. The van der Waals surface area contributed by atoms with E-state index in [2.05, 4.69) is 5.32 Å². The van der Waals surface area contributed by atoms with Crippen molar-refractivity contribution >= 4 is 11.7 Å². The van der Waals surface area contributed by atoms with E-state index in [-0.39, 0.29) is 12.4 Å². The molecule has 1 aliphatic heterocycles. The van der Waals surface area contributed by atoms with Crippen LogP contribution in [0.4, 0.5) is 5.69 Å². The Morgan fingerprint density at radius 2 is 2.00 bits per heavy atom. The van der Waals surface area contributed by atoms with Gasteiger partial charge in [-0.05, 0) is 35.4 Å². The molecule has 0 radical (unpaired) electrons. The van der Waals surface area contributed by atoms with E-state index in [0.717, 1.165) is 22.7 Å². The molecule has 1 N–H and O–H groups in total. The third-order valence-corrected chi connectivity index (χ3v) is 3.03. The zero-order valence-electron chi connectivity index (χ0n) is 10.6. The molecular formula is C15H12NO4-. The summed E-state index contributed by atoms with van der Waals surface area (Å²) in [4.78, 5) is 10.8. The van der Waals surface area contributed by atoms with Crippen molar-refractivity contribution in [2.24, 2.45) is 0 Å². The predicted molar refractivity (Wildman–Crippen MR) is 70.7 cm³/mol. The number of carboxylic acid groups (broad SMARTS) is 1. The number of benzene rings is 2. The second kappa shape index (κ2) is 5.13. The van der Waals surface area contributed by atoms with Gasteiger partial charge in [0.25, 0.3) is 0 Å². The molecular weight excluding hydrogens is 258 g/mol. The Morgan fingerprint density at radius 1 is 1.15 bits per heavy atom. The van der Waals surface area contributed by atoms with Crippen LogP contribution in [0.1, 0.15) is 15.9 Å². The minimum absolute atomic E-state index is 0.153. The van der Waals surface area contributed by atoms with Crippen molar-refractivity contribution in [3.05, 3.63) is 53.6 Å². The van der Waals surface area contributed by atoms with Crippen molar-refractivity contribution in [3.8, 4) is 11.5 Å². The van der Waals surface area contributed by atoms with Gasteiger partial charge in [-0.2, -0.15) is 0 Å². The van der Waals surface area contributed by atoms with Crippen LogP contribution in [-0.2, 0) is 6.54 Å². The second-order valence-corrected chi connectivity index (χ2v) is 4.41. The Labute approximate surface area is 115 Å². The van der Waals surface area contributed by atoms with Crippen LogP contribution in [0.3, 0.4) is 0 Å². The summed E-state index contributed by atoms with van der Waals surface area (Å²) in [6, 6.07) is 12.2. The predicted octanol–water partition coefficient (Wildman–Crippen LogP) is 1.39. The van der Waals surface area contributed by atoms with Crippen molar-refractivity contribution in [3.63, 3.8) is 0 Å². The first-order valence-electron chi connectivity index (χ1n) is 6.16. The Kier molecular flexibility index (Phi) is 3.16. The number of carbonyl (C=O) groups excluding carboxylic acids is 1. The summed E-state index contributed by atoms with van der Waals surface area (Å²) in [7, 11) is 0. The number of carboxylic acids is 1. The zero-order chi connectivity index (χ0) is 13.9. The van der Waals surface area contributed by atoms with E-state index in [0.29, 0.717) is 6.54 Å². The lowest BCUT2D eigenvalue weighted by Gasteiger charge is -2.09. The van der Waals surface area contributed by atoms with E-state index >= 15 is 0 Å². The van der Waals surface area contributed by atoms with Crippen LogP contribution in [0, 0.1) is 0 Å². The molecule has 1 heterocycles. The van der Waals surface area contributed by atoms with Gasteiger partial charge in [0, 0.05) is 12.2 Å². The average molecular weight is 270 g/mol. The first-order valence-corrected chi connectivity index (χ1v) is 6.16. The highest BCUT2D eigenvalue weighted by molar-refractivity contribution is 5.87. The molecule has 0 atom stereocenters. The minimum atomic E-state index is -1.18. The molecule has 5 nitrogen and oxygen atoms in total. The van der Waals surface area contributed by atoms with Gasteiger partial charge in [0.1, 0.15) is 0 Å². The quantitative estimate of drug-likeness (QED) is 0.909. The molecule has 3 rings (SSSR count). The summed E-state index contributed by atoms with van der Waals surface area (Å²) in [5.74, 6) is 0.289. The smallest absolute Gasteiger partial charge is 0.231 e. The van der Waals surface area contributed by atoms with Crippen LogP contribution in [0.25, 0.3) is 0 Å². The molecule has 0 saturated carbocycles. The van der Waals surface area contributed by atoms with Crippen LogP contribution in [0.5, 0.6) is 11.5 Å². The number of nitrogens with one attached hydrogen (secondary N) is 1. The van der Waals surface area contributed by atoms with Crippen molar-refractivity contribution in [2.75, 3.05) is 12.1 Å². The minimum Gasteiger partial charge on any atom is -0.545 e. The number of carbonyl (C=O) groups is 1. The van der Waals surface area contributed by atoms with Gasteiger partial charge in [-0.1, -0.05) is 18.2 Å². The van der Waals surface area contributed by atoms with Crippen LogP contribution >= 0.6 is 0 Å². The first-order chi connectivity index (χ1) is 9.72. The van der Waals surface area contributed by atoms with Crippen molar-refractivity contribution in [1.82, 2.24) is 0 Å². The van der Waals surface area contributed by atoms with Crippen molar-refractivity contribution in [2.45, 2.75) is 6.54 Å². The Bertz CT molecular complexity index is 654. The number of ether oxygens (including phenoxy) is 2. The Hall–Kier alpha value is -2.69. The summed E-state index contributed by atoms with van der Waals surface area (Å²) < 4.78 is 10.5. The highest BCUT2D eigenvalue weighted by Gasteiger charge is 2.12. The van der Waals surface area contributed by atoms with Crippen molar-refractivity contribution in [1.29, 1.82) is 0 Å². The molecule has 0 bridgehead atoms. The maximum atomic E-state index is 10.8. The summed E-state index contributed by atoms with van der Waals surface area (Å²) >= 11 is 0. The molecule has 102 valence electrons. The summed E-state index contributed by atoms with van der Waals surface area (Å²) in [5.41, 5.74) is 1.90. The monoisotopic (exact) mass is 270 g/mol. The molecule has 0 aliphatic carbocycles. The SMILES string of the molecule is O=C([O-])c1cccc(NCc2ccc3c(c2)OCO3)c1. The third kappa shape index (κ3) is 2.51. The van der Waals surface area contributed by atoms with Crippen molar-refractivity contribution < 1.29 is 19.4 Å². The molecule has 0 saturated heterocycles. The molecule has 5 heteroatoms. The van der Waals surface area contributed by atoms with Crippen LogP contribution in [0.2, 0.25) is 0 Å². The van der Waals surface area contributed by atoms with E-state index in [4.69, 9.17) is 9.47 Å². The van der Waals surface area contributed by atoms with Gasteiger partial charge in [0.05, 0.1) is 5.97 Å². The van der Waals surface area contributed by atoms with Crippen LogP contribution in [-0.4, -0.2) is 12.8 Å². The third-order valence-electron chi connectivity index (χ3n) is 3.03. The number of fused-ring (bicyclic) bond motifs is 1. The topological polar surface area (TPSA) is 70.6 Å². The number of hydrogen-bond acceptors (Lipinski definition) is 5. The van der Waals surface area contributed by atoms with E-state index in [9.17, 15) is 9.90 Å². The normalized spacial score (nSPS) is 12.2. The fraction of sp³-hybridized carbons (Fsp3) is 0.133. The first kappa shape index (κ1) is 12.3. The second-order valence-electron chi connectivity index (χ2n) is 4.41. The molecule has 2 aromatic carbocycles. The Balaban J connectivity index is 1.70. The maximum Gasteiger partial charge on any atom is 0.231 e. The number of hydrogen-bond donors (Lipinski definition) is 1. The fourth-order valence-electron chi connectivity index (χ4n) is 2.01. The van der Waals surface area contributed by atoms with Gasteiger partial charge in [-0.25, -0.2) is 0 Å². The molecule has 2 aromatic rings. The molecule has 0 spiro atoms. The zero-order valence-corrected chi connectivity index (χ0v) is 10.6. The van der Waals surface area contributed by atoms with Gasteiger partial charge in [-0.15, -0.1) is 0 Å². The molecule has 1 aliphatic rings. The summed E-state index contributed by atoms with van der Waals surface area (Å²) in [6.07, 6.45) is 0. The number of aromatic carboxylic acids is 1. The van der Waals surface area contributed by atoms with E-state index in [1.54, 1.807) is 18.2 Å². The van der Waals surface area contributed by atoms with Gasteiger partial charge >= 0.3 is 0 Å². The lowest BCUT2D eigenvalue weighted by molar-refractivity contribution is -0.255. The lowest BCUT2D eigenvalue weighted by Crippen LogP contribution is -2.22. The van der Waals surface area contributed by atoms with Crippen LogP contribution in [0.15, 0.2) is 42.5 Å². The van der Waals surface area contributed by atoms with E-state index < -0.39 is 5.97 Å². The summed E-state index contributed by atoms with van der Waals surface area (Å²) in [5, 5.41) is 13.9. The number of anilines is 1. The fourth-order valence-corrected chi connectivity index (χ4v) is 2.01. The lowest BCUT2D eigenvalue weighted by atomic mass is 10.1. The van der Waals surface area contributed by atoms with E-state index in [1.165, 1.54) is 6.07 Å². The standard InChI is InChI=1S/C15H13NO4/c17-15(18)11-2-1-3-12(7-11)16-8-10-4-5-13-14(6-10)20-9-19-13/h1-7,16H,8-9H2,(H,17,18)/p-1. The van der Waals surface area contributed by atoms with Crippen LogP contribution < -0.4 is 19.9 Å². The molecule has 0 amide bonds. The molecule has 20 heavy (non-hydrogen) atoms. The molecule has 0 aromatic heterocycles. The van der Waals surface area contributed by atoms with E-state index in [1.807, 2.05) is 18.2 Å². The molecule has 0 fully saturated rings.